The van der Waals surface area contributed by atoms with Gasteiger partial charge in [0.15, 0.2) is 28.3 Å². The van der Waals surface area contributed by atoms with Crippen molar-refractivity contribution in [1.82, 2.24) is 9.97 Å². The molecule has 0 spiro atoms. The maximum absolute atomic E-state index is 13.2. The normalized spacial score (nSPS) is 10.4. The summed E-state index contributed by atoms with van der Waals surface area (Å²) in [5, 5.41) is -0.175. The monoisotopic (exact) mass is 299 g/mol. The second kappa shape index (κ2) is 5.38. The third-order valence-corrected chi connectivity index (χ3v) is 2.72. The maximum Gasteiger partial charge on any atom is 0.360 e. The lowest BCUT2D eigenvalue weighted by Gasteiger charge is -2.08. The SMILES string of the molecule is COC(=O)c1nc(Cl)c(-c2ccc(F)c(F)c2)nc1N. The van der Waals surface area contributed by atoms with Crippen LogP contribution in [-0.4, -0.2) is 23.0 Å². The van der Waals surface area contributed by atoms with E-state index in [9.17, 15) is 13.6 Å². The van der Waals surface area contributed by atoms with Crippen LogP contribution in [-0.2, 0) is 4.74 Å². The first-order valence-corrected chi connectivity index (χ1v) is 5.68. The molecule has 20 heavy (non-hydrogen) atoms. The quantitative estimate of drug-likeness (QED) is 0.862. The van der Waals surface area contributed by atoms with Crippen LogP contribution in [0.4, 0.5) is 14.6 Å². The van der Waals surface area contributed by atoms with Crippen LogP contribution in [0.3, 0.4) is 0 Å². The fraction of sp³-hybridized carbons (Fsp3) is 0.0833. The van der Waals surface area contributed by atoms with E-state index < -0.39 is 17.6 Å². The van der Waals surface area contributed by atoms with Gasteiger partial charge in [0.25, 0.3) is 0 Å². The maximum atomic E-state index is 13.2. The van der Waals surface area contributed by atoms with Gasteiger partial charge < -0.3 is 10.5 Å². The number of nitrogens with two attached hydrogens (primary N) is 1. The summed E-state index contributed by atoms with van der Waals surface area (Å²) in [7, 11) is 1.15. The summed E-state index contributed by atoms with van der Waals surface area (Å²) in [6, 6.07) is 3.10. The number of ether oxygens (including phenoxy) is 1. The van der Waals surface area contributed by atoms with Gasteiger partial charge in [-0.2, -0.15) is 0 Å². The first-order chi connectivity index (χ1) is 9.43. The van der Waals surface area contributed by atoms with Crippen LogP contribution in [0.2, 0.25) is 5.15 Å². The van der Waals surface area contributed by atoms with Crippen LogP contribution < -0.4 is 5.73 Å². The van der Waals surface area contributed by atoms with Gasteiger partial charge in [0.05, 0.1) is 7.11 Å². The number of esters is 1. The molecule has 2 N–H and O–H groups in total. The zero-order valence-corrected chi connectivity index (χ0v) is 10.9. The Bertz CT molecular complexity index is 695. The molecule has 0 saturated carbocycles. The second-order valence-electron chi connectivity index (χ2n) is 3.72. The fourth-order valence-corrected chi connectivity index (χ4v) is 1.74. The Morgan fingerprint density at radius 1 is 1.30 bits per heavy atom. The summed E-state index contributed by atoms with van der Waals surface area (Å²) in [6.45, 7) is 0. The molecule has 0 saturated heterocycles. The van der Waals surface area contributed by atoms with Gasteiger partial charge in [0, 0.05) is 5.56 Å². The molecular weight excluding hydrogens is 292 g/mol. The van der Waals surface area contributed by atoms with E-state index in [1.54, 1.807) is 0 Å². The summed E-state index contributed by atoms with van der Waals surface area (Å²) in [6.07, 6.45) is 0. The number of hydrogen-bond acceptors (Lipinski definition) is 5. The highest BCUT2D eigenvalue weighted by Crippen LogP contribution is 2.27. The number of nitrogen functional groups attached to an aromatic ring is 1. The lowest BCUT2D eigenvalue weighted by atomic mass is 10.1. The van der Waals surface area contributed by atoms with Crippen molar-refractivity contribution in [3.05, 3.63) is 40.7 Å². The standard InChI is InChI=1S/C12H8ClF2N3O2/c1-20-12(19)9-11(16)18-8(10(13)17-9)5-2-3-6(14)7(15)4-5/h2-4H,1H3,(H2,16,18). The minimum Gasteiger partial charge on any atom is -0.464 e. The van der Waals surface area contributed by atoms with E-state index in [0.717, 1.165) is 19.2 Å². The van der Waals surface area contributed by atoms with Crippen LogP contribution in [0.25, 0.3) is 11.3 Å². The molecule has 1 heterocycles. The molecule has 2 rings (SSSR count). The molecule has 0 atom stereocenters. The van der Waals surface area contributed by atoms with E-state index in [2.05, 4.69) is 14.7 Å². The molecule has 1 aromatic carbocycles. The van der Waals surface area contributed by atoms with Crippen molar-refractivity contribution in [2.75, 3.05) is 12.8 Å². The van der Waals surface area contributed by atoms with Gasteiger partial charge in [-0.25, -0.2) is 23.5 Å². The molecule has 0 aliphatic rings. The zero-order chi connectivity index (χ0) is 14.9. The highest BCUT2D eigenvalue weighted by molar-refractivity contribution is 6.32. The minimum absolute atomic E-state index is 0.0377. The Morgan fingerprint density at radius 3 is 2.60 bits per heavy atom. The number of benzene rings is 1. The summed E-state index contributed by atoms with van der Waals surface area (Å²) < 4.78 is 30.5. The van der Waals surface area contributed by atoms with E-state index in [4.69, 9.17) is 17.3 Å². The summed E-state index contributed by atoms with van der Waals surface area (Å²) in [4.78, 5) is 19.0. The van der Waals surface area contributed by atoms with Crippen molar-refractivity contribution < 1.29 is 18.3 Å². The summed E-state index contributed by atoms with van der Waals surface area (Å²) >= 11 is 5.88. The Labute approximate surface area is 117 Å². The zero-order valence-electron chi connectivity index (χ0n) is 10.2. The molecule has 0 radical (unpaired) electrons. The van der Waals surface area contributed by atoms with Crippen LogP contribution in [0.1, 0.15) is 10.5 Å². The van der Waals surface area contributed by atoms with E-state index >= 15 is 0 Å². The number of hydrogen-bond donors (Lipinski definition) is 1. The second-order valence-corrected chi connectivity index (χ2v) is 4.08. The van der Waals surface area contributed by atoms with Gasteiger partial charge in [-0.1, -0.05) is 11.6 Å². The molecule has 104 valence electrons. The number of nitrogens with zero attached hydrogens (tertiary/aromatic N) is 2. The van der Waals surface area contributed by atoms with Crippen molar-refractivity contribution in [2.24, 2.45) is 0 Å². The molecule has 1 aromatic heterocycles. The molecule has 2 aromatic rings. The smallest absolute Gasteiger partial charge is 0.360 e. The number of methoxy groups -OCH3 is 1. The number of carbonyl (C=O) groups is 1. The van der Waals surface area contributed by atoms with Crippen LogP contribution >= 0.6 is 11.6 Å². The topological polar surface area (TPSA) is 78.1 Å². The Morgan fingerprint density at radius 2 is 2.00 bits per heavy atom. The molecule has 0 aliphatic heterocycles. The lowest BCUT2D eigenvalue weighted by Crippen LogP contribution is -2.11. The molecular formula is C12H8ClF2N3O2. The van der Waals surface area contributed by atoms with Crippen LogP contribution in [0, 0.1) is 11.6 Å². The summed E-state index contributed by atoms with van der Waals surface area (Å²) in [5.74, 6) is -3.08. The number of carbonyl (C=O) groups excluding carboxylic acids is 1. The van der Waals surface area contributed by atoms with Gasteiger partial charge in [0.2, 0.25) is 0 Å². The van der Waals surface area contributed by atoms with Gasteiger partial charge in [-0.05, 0) is 18.2 Å². The average Bonchev–Trinajstić information content (AvgIpc) is 2.43. The van der Waals surface area contributed by atoms with Crippen molar-refractivity contribution >= 4 is 23.4 Å². The van der Waals surface area contributed by atoms with E-state index in [-0.39, 0.29) is 27.9 Å². The lowest BCUT2D eigenvalue weighted by molar-refractivity contribution is 0.0595. The van der Waals surface area contributed by atoms with E-state index in [1.165, 1.54) is 6.07 Å². The van der Waals surface area contributed by atoms with Crippen molar-refractivity contribution in [3.63, 3.8) is 0 Å². The molecule has 0 unspecified atom stereocenters. The van der Waals surface area contributed by atoms with Gasteiger partial charge in [-0.3, -0.25) is 0 Å². The molecule has 0 fully saturated rings. The Balaban J connectivity index is 2.55. The third kappa shape index (κ3) is 2.53. The van der Waals surface area contributed by atoms with Crippen molar-refractivity contribution in [2.45, 2.75) is 0 Å². The van der Waals surface area contributed by atoms with Crippen LogP contribution in [0.15, 0.2) is 18.2 Å². The van der Waals surface area contributed by atoms with Gasteiger partial charge in [-0.15, -0.1) is 0 Å². The summed E-state index contributed by atoms with van der Waals surface area (Å²) in [5.41, 5.74) is 5.55. The van der Waals surface area contributed by atoms with Crippen molar-refractivity contribution in [3.8, 4) is 11.3 Å². The minimum atomic E-state index is -1.06. The molecule has 0 amide bonds. The average molecular weight is 300 g/mol. The molecule has 0 bridgehead atoms. The Kier molecular flexibility index (Phi) is 3.80. The predicted octanol–water partition coefficient (Wildman–Crippen LogP) is 2.44. The molecule has 0 aliphatic carbocycles. The Hall–Kier alpha value is -2.28. The van der Waals surface area contributed by atoms with E-state index in [1.807, 2.05) is 0 Å². The third-order valence-electron chi connectivity index (χ3n) is 2.45. The molecule has 8 heteroatoms. The van der Waals surface area contributed by atoms with Gasteiger partial charge >= 0.3 is 5.97 Å². The number of aromatic nitrogens is 2. The van der Waals surface area contributed by atoms with Crippen molar-refractivity contribution in [1.29, 1.82) is 0 Å². The highest BCUT2D eigenvalue weighted by Gasteiger charge is 2.18. The van der Waals surface area contributed by atoms with Gasteiger partial charge in [0.1, 0.15) is 5.69 Å². The number of anilines is 1. The largest absolute Gasteiger partial charge is 0.464 e. The predicted molar refractivity (Wildman–Crippen MR) is 68.1 cm³/mol. The van der Waals surface area contributed by atoms with E-state index in [0.29, 0.717) is 0 Å². The number of rotatable bonds is 2. The highest BCUT2D eigenvalue weighted by atomic mass is 35.5. The first kappa shape index (κ1) is 14.1. The van der Waals surface area contributed by atoms with Crippen LogP contribution in [0.5, 0.6) is 0 Å². The number of halogens is 3. The fourth-order valence-electron chi connectivity index (χ4n) is 1.50. The molecule has 5 nitrogen and oxygen atoms in total. The first-order valence-electron chi connectivity index (χ1n) is 5.30.